The Kier molecular flexibility index (Phi) is 5.60. The molecule has 29 heavy (non-hydrogen) atoms. The summed E-state index contributed by atoms with van der Waals surface area (Å²) in [5, 5.41) is 11.2. The summed E-state index contributed by atoms with van der Waals surface area (Å²) in [4.78, 5) is 30.8. The molecule has 4 rings (SSSR count). The number of anilines is 1. The average Bonchev–Trinajstić information content (AvgIpc) is 3.32. The molecular formula is C18H15N5O3S3. The Balaban J connectivity index is 1.43. The number of fused-ring (bicyclic) bond motifs is 1. The molecule has 0 radical (unpaired) electrons. The molecule has 0 spiro atoms. The number of thiazole rings is 1. The van der Waals surface area contributed by atoms with Crippen LogP contribution in [0.25, 0.3) is 4.96 Å². The average molecular weight is 446 g/mol. The molecule has 4 aromatic rings. The number of hydrogen-bond donors (Lipinski definition) is 1. The number of hydrogen-bond acceptors (Lipinski definition) is 9. The van der Waals surface area contributed by atoms with Gasteiger partial charge in [-0.05, 0) is 19.1 Å². The van der Waals surface area contributed by atoms with E-state index in [0.29, 0.717) is 37.2 Å². The van der Waals surface area contributed by atoms with Crippen molar-refractivity contribution in [3.63, 3.8) is 0 Å². The van der Waals surface area contributed by atoms with Crippen LogP contribution in [0.1, 0.15) is 20.9 Å². The highest BCUT2D eigenvalue weighted by atomic mass is 32.2. The number of ether oxygens (including phenoxy) is 1. The van der Waals surface area contributed by atoms with Gasteiger partial charge in [-0.2, -0.15) is 0 Å². The third kappa shape index (κ3) is 4.31. The summed E-state index contributed by atoms with van der Waals surface area (Å²) in [6.45, 7) is 1.94. The summed E-state index contributed by atoms with van der Waals surface area (Å²) in [5.74, 6) is 0.654. The summed E-state index contributed by atoms with van der Waals surface area (Å²) in [5.41, 5.74) is 0.997. The minimum absolute atomic E-state index is 0.100. The second-order valence-electron chi connectivity index (χ2n) is 5.90. The first kappa shape index (κ1) is 19.6. The monoisotopic (exact) mass is 445 g/mol. The van der Waals surface area contributed by atoms with Crippen LogP contribution in [0.5, 0.6) is 5.75 Å². The molecule has 3 heterocycles. The summed E-state index contributed by atoms with van der Waals surface area (Å²) in [7, 11) is 1.51. The first-order valence-corrected chi connectivity index (χ1v) is 11.0. The van der Waals surface area contributed by atoms with E-state index in [1.165, 1.54) is 47.6 Å². The maximum Gasteiger partial charge on any atom is 0.261 e. The first-order valence-electron chi connectivity index (χ1n) is 8.43. The van der Waals surface area contributed by atoms with Gasteiger partial charge in [-0.25, -0.2) is 4.98 Å². The third-order valence-corrected chi connectivity index (χ3v) is 6.76. The summed E-state index contributed by atoms with van der Waals surface area (Å²) < 4.78 is 7.42. The second kappa shape index (κ2) is 8.31. The van der Waals surface area contributed by atoms with E-state index in [4.69, 9.17) is 4.74 Å². The quantitative estimate of drug-likeness (QED) is 0.358. The number of methoxy groups -OCH3 is 1. The fourth-order valence-corrected chi connectivity index (χ4v) is 5.07. The van der Waals surface area contributed by atoms with Crippen molar-refractivity contribution in [3.8, 4) is 5.75 Å². The van der Waals surface area contributed by atoms with E-state index in [0.717, 1.165) is 4.88 Å². The zero-order valence-electron chi connectivity index (χ0n) is 15.4. The van der Waals surface area contributed by atoms with Crippen molar-refractivity contribution in [1.29, 1.82) is 0 Å². The maximum absolute atomic E-state index is 12.4. The van der Waals surface area contributed by atoms with Gasteiger partial charge in [-0.15, -0.1) is 21.5 Å². The van der Waals surface area contributed by atoms with Crippen molar-refractivity contribution in [1.82, 2.24) is 19.6 Å². The fraction of sp³-hybridized carbons (Fsp3) is 0.167. The van der Waals surface area contributed by atoms with Crippen LogP contribution < -0.4 is 15.6 Å². The van der Waals surface area contributed by atoms with Gasteiger partial charge in [0.2, 0.25) is 5.13 Å². The number of carbonyl (C=O) groups is 1. The lowest BCUT2D eigenvalue weighted by Gasteiger charge is -2.06. The van der Waals surface area contributed by atoms with Crippen molar-refractivity contribution in [3.05, 3.63) is 63.0 Å². The summed E-state index contributed by atoms with van der Waals surface area (Å²) in [6.07, 6.45) is 1.79. The van der Waals surface area contributed by atoms with Crippen LogP contribution in [0.4, 0.5) is 5.13 Å². The lowest BCUT2D eigenvalue weighted by Crippen LogP contribution is -2.12. The predicted molar refractivity (Wildman–Crippen MR) is 114 cm³/mol. The molecule has 148 valence electrons. The Bertz CT molecular complexity index is 1250. The number of aromatic nitrogens is 4. The molecule has 0 saturated carbocycles. The first-order chi connectivity index (χ1) is 14.0. The molecule has 0 atom stereocenters. The minimum Gasteiger partial charge on any atom is -0.496 e. The summed E-state index contributed by atoms with van der Waals surface area (Å²) >= 11 is 4.15. The van der Waals surface area contributed by atoms with E-state index in [1.807, 2.05) is 6.92 Å². The highest BCUT2D eigenvalue weighted by molar-refractivity contribution is 8.00. The Hall–Kier alpha value is -2.76. The topological polar surface area (TPSA) is 98.5 Å². The highest BCUT2D eigenvalue weighted by Gasteiger charge is 2.15. The Morgan fingerprint density at radius 3 is 2.93 bits per heavy atom. The lowest BCUT2D eigenvalue weighted by molar-refractivity contribution is 0.102. The Labute approximate surface area is 177 Å². The zero-order valence-corrected chi connectivity index (χ0v) is 17.9. The zero-order chi connectivity index (χ0) is 20.4. The standard InChI is InChI=1S/C18H15N5O3S3/c1-10-8-23-14(24)7-11(19-17(23)28-10)9-27-18-22-21-16(29-18)20-15(25)12-5-3-4-6-13(12)26-2/h3-8H,9H2,1-2H3,(H,20,21,25). The number of aryl methyl sites for hydroxylation is 1. The van der Waals surface area contributed by atoms with Gasteiger partial charge >= 0.3 is 0 Å². The van der Waals surface area contributed by atoms with Crippen molar-refractivity contribution < 1.29 is 9.53 Å². The van der Waals surface area contributed by atoms with Crippen LogP contribution in [-0.4, -0.2) is 32.6 Å². The van der Waals surface area contributed by atoms with Crippen molar-refractivity contribution in [2.45, 2.75) is 17.0 Å². The van der Waals surface area contributed by atoms with Gasteiger partial charge < -0.3 is 4.74 Å². The molecule has 1 N–H and O–H groups in total. The number of para-hydroxylation sites is 1. The van der Waals surface area contributed by atoms with Gasteiger partial charge in [0.05, 0.1) is 18.4 Å². The van der Waals surface area contributed by atoms with Crippen LogP contribution in [0.15, 0.2) is 45.7 Å². The smallest absolute Gasteiger partial charge is 0.261 e. The van der Waals surface area contributed by atoms with Gasteiger partial charge in [-0.3, -0.25) is 19.3 Å². The molecule has 0 unspecified atom stereocenters. The Morgan fingerprint density at radius 2 is 2.10 bits per heavy atom. The summed E-state index contributed by atoms with van der Waals surface area (Å²) in [6, 6.07) is 8.48. The molecule has 8 nitrogen and oxygen atoms in total. The third-order valence-electron chi connectivity index (χ3n) is 3.86. The van der Waals surface area contributed by atoms with Gasteiger partial charge in [-0.1, -0.05) is 35.2 Å². The molecule has 11 heteroatoms. The van der Waals surface area contributed by atoms with Gasteiger partial charge in [0.15, 0.2) is 9.30 Å². The highest BCUT2D eigenvalue weighted by Crippen LogP contribution is 2.29. The molecule has 3 aromatic heterocycles. The molecule has 1 aromatic carbocycles. The van der Waals surface area contributed by atoms with E-state index in [9.17, 15) is 9.59 Å². The number of nitrogens with one attached hydrogen (secondary N) is 1. The van der Waals surface area contributed by atoms with Gasteiger partial charge in [0.25, 0.3) is 11.5 Å². The normalized spacial score (nSPS) is 11.0. The number of thioether (sulfide) groups is 1. The Morgan fingerprint density at radius 1 is 1.28 bits per heavy atom. The lowest BCUT2D eigenvalue weighted by atomic mass is 10.2. The molecular weight excluding hydrogens is 430 g/mol. The van der Waals surface area contributed by atoms with Crippen LogP contribution in [0.2, 0.25) is 0 Å². The number of rotatable bonds is 6. The molecule has 0 saturated heterocycles. The van der Waals surface area contributed by atoms with Crippen LogP contribution in [0, 0.1) is 6.92 Å². The van der Waals surface area contributed by atoms with Crippen LogP contribution in [-0.2, 0) is 5.75 Å². The van der Waals surface area contributed by atoms with Crippen molar-refractivity contribution >= 4 is 50.4 Å². The number of amides is 1. The maximum atomic E-state index is 12.4. The predicted octanol–water partition coefficient (Wildman–Crippen LogP) is 3.47. The van der Waals surface area contributed by atoms with Crippen LogP contribution in [0.3, 0.4) is 0 Å². The molecule has 0 fully saturated rings. The number of carbonyl (C=O) groups excluding carboxylic acids is 1. The largest absolute Gasteiger partial charge is 0.496 e. The second-order valence-corrected chi connectivity index (χ2v) is 9.31. The molecule has 1 amide bonds. The van der Waals surface area contributed by atoms with Crippen LogP contribution >= 0.6 is 34.4 Å². The molecule has 0 bridgehead atoms. The molecule has 0 aliphatic heterocycles. The SMILES string of the molecule is COc1ccccc1C(=O)Nc1nnc(SCc2cc(=O)n3cc(C)sc3n2)s1. The van der Waals surface area contributed by atoms with E-state index >= 15 is 0 Å². The number of benzene rings is 1. The van der Waals surface area contributed by atoms with Crippen molar-refractivity contribution in [2.24, 2.45) is 0 Å². The van der Waals surface area contributed by atoms with E-state index in [2.05, 4.69) is 20.5 Å². The molecule has 0 aliphatic carbocycles. The van der Waals surface area contributed by atoms with E-state index in [1.54, 1.807) is 34.9 Å². The fourth-order valence-electron chi connectivity index (χ4n) is 2.58. The molecule has 0 aliphatic rings. The number of nitrogens with zero attached hydrogens (tertiary/aromatic N) is 4. The minimum atomic E-state index is -0.316. The van der Waals surface area contributed by atoms with E-state index in [-0.39, 0.29) is 11.5 Å². The van der Waals surface area contributed by atoms with Gasteiger partial charge in [0, 0.05) is 22.9 Å². The van der Waals surface area contributed by atoms with Crippen molar-refractivity contribution in [2.75, 3.05) is 12.4 Å². The van der Waals surface area contributed by atoms with E-state index < -0.39 is 0 Å². The van der Waals surface area contributed by atoms with Gasteiger partial charge in [0.1, 0.15) is 5.75 Å².